The number of para-hydroxylation sites is 1. The number of benzene rings is 2. The van der Waals surface area contributed by atoms with Crippen LogP contribution in [0.2, 0.25) is 0 Å². The first-order valence-corrected chi connectivity index (χ1v) is 7.78. The van der Waals surface area contributed by atoms with E-state index in [-0.39, 0.29) is 5.91 Å². The molecule has 0 aliphatic carbocycles. The highest BCUT2D eigenvalue weighted by Gasteiger charge is 2.13. The molecule has 4 N–H and O–H groups in total. The summed E-state index contributed by atoms with van der Waals surface area (Å²) in [4.78, 5) is 23.1. The molecule has 2 rings (SSSR count). The van der Waals surface area contributed by atoms with E-state index in [0.717, 1.165) is 0 Å². The molecule has 7 heteroatoms. The first-order valence-electron chi connectivity index (χ1n) is 7.78. The summed E-state index contributed by atoms with van der Waals surface area (Å²) in [5.41, 5.74) is 7.17. The van der Waals surface area contributed by atoms with E-state index >= 15 is 0 Å². The fourth-order valence-corrected chi connectivity index (χ4v) is 1.99. The maximum Gasteiger partial charge on any atom is 0.411 e. The van der Waals surface area contributed by atoms with Gasteiger partial charge in [-0.1, -0.05) is 18.2 Å². The molecule has 0 saturated heterocycles. The lowest BCUT2D eigenvalue weighted by atomic mass is 10.2. The molecule has 2 aromatic carbocycles. The van der Waals surface area contributed by atoms with Gasteiger partial charge in [-0.25, -0.2) is 4.79 Å². The van der Waals surface area contributed by atoms with Gasteiger partial charge in [0.1, 0.15) is 5.75 Å². The van der Waals surface area contributed by atoms with Crippen molar-refractivity contribution in [2.24, 2.45) is 5.73 Å². The van der Waals surface area contributed by atoms with Gasteiger partial charge in [-0.3, -0.25) is 10.1 Å². The Balaban J connectivity index is 1.74. The van der Waals surface area contributed by atoms with Crippen molar-refractivity contribution in [2.75, 3.05) is 24.4 Å². The van der Waals surface area contributed by atoms with Gasteiger partial charge in [0.05, 0.1) is 19.8 Å². The molecule has 2 aromatic rings. The Kier molecular flexibility index (Phi) is 6.79. The Bertz CT molecular complexity index is 689. The number of methoxy groups -OCH3 is 1. The van der Waals surface area contributed by atoms with Gasteiger partial charge in [0.15, 0.2) is 0 Å². The van der Waals surface area contributed by atoms with Crippen LogP contribution in [0.25, 0.3) is 0 Å². The van der Waals surface area contributed by atoms with E-state index in [1.807, 2.05) is 18.2 Å². The topological polar surface area (TPSA) is 103 Å². The van der Waals surface area contributed by atoms with Gasteiger partial charge < -0.3 is 20.5 Å². The fraction of sp³-hybridized carbons (Fsp3) is 0.222. The van der Waals surface area contributed by atoms with Crippen LogP contribution in [0.5, 0.6) is 5.75 Å². The van der Waals surface area contributed by atoms with Gasteiger partial charge in [-0.2, -0.15) is 0 Å². The van der Waals surface area contributed by atoms with Crippen molar-refractivity contribution in [2.45, 2.75) is 12.5 Å². The van der Waals surface area contributed by atoms with Crippen molar-refractivity contribution in [1.82, 2.24) is 0 Å². The molecular formula is C18H21N3O4. The molecule has 0 bridgehead atoms. The van der Waals surface area contributed by atoms with Crippen LogP contribution in [-0.2, 0) is 9.53 Å². The Hall–Kier alpha value is -3.06. The summed E-state index contributed by atoms with van der Waals surface area (Å²) in [5.74, 6) is 0.360. The Morgan fingerprint density at radius 2 is 1.64 bits per heavy atom. The molecule has 132 valence electrons. The number of carbonyl (C=O) groups is 2. The SMILES string of the molecule is COC(=O)Nc1ccc(OCCC(N)C(=O)Nc2ccccc2)cc1. The second kappa shape index (κ2) is 9.29. The molecule has 2 amide bonds. The summed E-state index contributed by atoms with van der Waals surface area (Å²) < 4.78 is 10.1. The van der Waals surface area contributed by atoms with Gasteiger partial charge >= 0.3 is 6.09 Å². The molecule has 0 aliphatic heterocycles. The van der Waals surface area contributed by atoms with Crippen molar-refractivity contribution in [1.29, 1.82) is 0 Å². The molecule has 7 nitrogen and oxygen atoms in total. The number of nitrogens with one attached hydrogen (secondary N) is 2. The van der Waals surface area contributed by atoms with Gasteiger partial charge in [0, 0.05) is 17.8 Å². The molecule has 1 atom stereocenters. The molecule has 0 aliphatic rings. The maximum absolute atomic E-state index is 12.0. The number of anilines is 2. The molecule has 0 fully saturated rings. The number of carbonyl (C=O) groups excluding carboxylic acids is 2. The van der Waals surface area contributed by atoms with Crippen LogP contribution in [-0.4, -0.2) is 31.8 Å². The lowest BCUT2D eigenvalue weighted by molar-refractivity contribution is -0.117. The highest BCUT2D eigenvalue weighted by Crippen LogP contribution is 2.16. The van der Waals surface area contributed by atoms with Crippen LogP contribution in [0.1, 0.15) is 6.42 Å². The Morgan fingerprint density at radius 1 is 1.00 bits per heavy atom. The van der Waals surface area contributed by atoms with Crippen molar-refractivity contribution in [3.63, 3.8) is 0 Å². The van der Waals surface area contributed by atoms with Crippen molar-refractivity contribution in [3.05, 3.63) is 54.6 Å². The zero-order valence-electron chi connectivity index (χ0n) is 13.9. The molecule has 0 radical (unpaired) electrons. The molecule has 0 spiro atoms. The number of ether oxygens (including phenoxy) is 2. The van der Waals surface area contributed by atoms with Gasteiger partial charge in [-0.05, 0) is 36.4 Å². The van der Waals surface area contributed by atoms with E-state index in [2.05, 4.69) is 15.4 Å². The Labute approximate surface area is 146 Å². The van der Waals surface area contributed by atoms with Gasteiger partial charge in [-0.15, -0.1) is 0 Å². The Morgan fingerprint density at radius 3 is 2.28 bits per heavy atom. The van der Waals surface area contributed by atoms with Crippen molar-refractivity contribution < 1.29 is 19.1 Å². The van der Waals surface area contributed by atoms with E-state index in [1.54, 1.807) is 36.4 Å². The molecule has 25 heavy (non-hydrogen) atoms. The van der Waals surface area contributed by atoms with E-state index < -0.39 is 12.1 Å². The second-order valence-corrected chi connectivity index (χ2v) is 5.24. The lowest BCUT2D eigenvalue weighted by Crippen LogP contribution is -2.36. The average Bonchev–Trinajstić information content (AvgIpc) is 2.63. The quantitative estimate of drug-likeness (QED) is 0.717. The smallest absolute Gasteiger partial charge is 0.411 e. The van der Waals surface area contributed by atoms with Crippen LogP contribution in [0.15, 0.2) is 54.6 Å². The zero-order valence-corrected chi connectivity index (χ0v) is 13.9. The number of rotatable bonds is 7. The predicted molar refractivity (Wildman–Crippen MR) is 95.6 cm³/mol. The fourth-order valence-electron chi connectivity index (χ4n) is 1.99. The van der Waals surface area contributed by atoms with Gasteiger partial charge in [0.2, 0.25) is 5.91 Å². The largest absolute Gasteiger partial charge is 0.494 e. The van der Waals surface area contributed by atoms with E-state index in [9.17, 15) is 9.59 Å². The highest BCUT2D eigenvalue weighted by molar-refractivity contribution is 5.94. The minimum absolute atomic E-state index is 0.257. The van der Waals surface area contributed by atoms with Crippen LogP contribution >= 0.6 is 0 Å². The summed E-state index contributed by atoms with van der Waals surface area (Å²) in [6.07, 6.45) is -0.162. The number of amides is 2. The maximum atomic E-state index is 12.0. The average molecular weight is 343 g/mol. The van der Waals surface area contributed by atoms with E-state index in [0.29, 0.717) is 30.2 Å². The third kappa shape index (κ3) is 6.15. The molecule has 0 aromatic heterocycles. The lowest BCUT2D eigenvalue weighted by Gasteiger charge is -2.13. The van der Waals surface area contributed by atoms with Crippen LogP contribution in [0.3, 0.4) is 0 Å². The summed E-state index contributed by atoms with van der Waals surface area (Å²) in [6.45, 7) is 0.299. The minimum Gasteiger partial charge on any atom is -0.494 e. The molecular weight excluding hydrogens is 322 g/mol. The van der Waals surface area contributed by atoms with Crippen LogP contribution in [0.4, 0.5) is 16.2 Å². The molecule has 1 unspecified atom stereocenters. The van der Waals surface area contributed by atoms with Crippen molar-refractivity contribution >= 4 is 23.4 Å². The zero-order chi connectivity index (χ0) is 18.1. The number of hydrogen-bond acceptors (Lipinski definition) is 5. The first-order chi connectivity index (χ1) is 12.1. The standard InChI is InChI=1S/C18H21N3O4/c1-24-18(23)21-14-7-9-15(10-8-14)25-12-11-16(19)17(22)20-13-5-3-2-4-6-13/h2-10,16H,11-12,19H2,1H3,(H,20,22)(H,21,23). The molecule has 0 heterocycles. The van der Waals surface area contributed by atoms with Crippen LogP contribution in [0, 0.1) is 0 Å². The van der Waals surface area contributed by atoms with Crippen molar-refractivity contribution in [3.8, 4) is 5.75 Å². The predicted octanol–water partition coefficient (Wildman–Crippen LogP) is 2.60. The third-order valence-electron chi connectivity index (χ3n) is 3.36. The van der Waals surface area contributed by atoms with E-state index in [4.69, 9.17) is 10.5 Å². The normalized spacial score (nSPS) is 11.3. The number of hydrogen-bond donors (Lipinski definition) is 3. The summed E-state index contributed by atoms with van der Waals surface area (Å²) in [5, 5.41) is 5.29. The number of nitrogens with two attached hydrogens (primary N) is 1. The highest BCUT2D eigenvalue weighted by atomic mass is 16.5. The third-order valence-corrected chi connectivity index (χ3v) is 3.36. The summed E-state index contributed by atoms with van der Waals surface area (Å²) >= 11 is 0. The summed E-state index contributed by atoms with van der Waals surface area (Å²) in [6, 6.07) is 15.3. The van der Waals surface area contributed by atoms with Crippen LogP contribution < -0.4 is 21.1 Å². The van der Waals surface area contributed by atoms with E-state index in [1.165, 1.54) is 7.11 Å². The monoisotopic (exact) mass is 343 g/mol. The molecule has 0 saturated carbocycles. The minimum atomic E-state index is -0.666. The summed E-state index contributed by atoms with van der Waals surface area (Å²) in [7, 11) is 1.30. The van der Waals surface area contributed by atoms with Gasteiger partial charge in [0.25, 0.3) is 0 Å². The second-order valence-electron chi connectivity index (χ2n) is 5.24. The first kappa shape index (κ1) is 18.3.